The third-order valence-electron chi connectivity index (χ3n) is 5.99. The fraction of sp³-hybridized carbons (Fsp3) is 0.391. The maximum Gasteiger partial charge on any atom is 0.303 e. The smallest absolute Gasteiger partial charge is 0.303 e. The summed E-state index contributed by atoms with van der Waals surface area (Å²) in [6.45, 7) is 2.78. The zero-order chi connectivity index (χ0) is 19.5. The van der Waals surface area contributed by atoms with Gasteiger partial charge in [0.25, 0.3) is 0 Å². The summed E-state index contributed by atoms with van der Waals surface area (Å²) in [5, 5.41) is 9.39. The Morgan fingerprint density at radius 3 is 2.61 bits per heavy atom. The number of fused-ring (bicyclic) bond motifs is 1. The minimum Gasteiger partial charge on any atom is -0.481 e. The van der Waals surface area contributed by atoms with Gasteiger partial charge in [0, 0.05) is 33.0 Å². The van der Waals surface area contributed by atoms with Crippen LogP contribution in [0.2, 0.25) is 0 Å². The average Bonchev–Trinajstić information content (AvgIpc) is 3.00. The van der Waals surface area contributed by atoms with Gasteiger partial charge in [0.05, 0.1) is 11.0 Å². The van der Waals surface area contributed by atoms with Crippen molar-refractivity contribution in [3.05, 3.63) is 66.0 Å². The van der Waals surface area contributed by atoms with Crippen LogP contribution in [0.15, 0.2) is 54.6 Å². The number of aryl methyl sites for hydroxylation is 1. The molecule has 0 radical (unpaired) electrons. The van der Waals surface area contributed by atoms with E-state index in [-0.39, 0.29) is 12.3 Å². The highest BCUT2D eigenvalue weighted by Crippen LogP contribution is 2.31. The Hall–Kier alpha value is -2.66. The van der Waals surface area contributed by atoms with Crippen molar-refractivity contribution in [3.63, 3.8) is 0 Å². The van der Waals surface area contributed by atoms with Crippen molar-refractivity contribution in [2.45, 2.75) is 25.8 Å². The molecule has 28 heavy (non-hydrogen) atoms. The zero-order valence-corrected chi connectivity index (χ0v) is 16.3. The Bertz CT molecular complexity index is 951. The predicted molar refractivity (Wildman–Crippen MR) is 110 cm³/mol. The standard InChI is InChI=1S/C23H27N3O2/c1-25-21-10-6-5-9-20(21)24-22(25)13-19-16-26(12-11-18(19)14-23(27)28)15-17-7-3-2-4-8-17/h2-10,18-19H,11-16H2,1H3,(H,27,28)/t18-,19-/m0/s1. The van der Waals surface area contributed by atoms with Crippen molar-refractivity contribution < 1.29 is 9.90 Å². The van der Waals surface area contributed by atoms with Gasteiger partial charge in [0.2, 0.25) is 0 Å². The van der Waals surface area contributed by atoms with Crippen molar-refractivity contribution in [1.82, 2.24) is 14.5 Å². The molecule has 146 valence electrons. The first-order valence-electron chi connectivity index (χ1n) is 9.98. The van der Waals surface area contributed by atoms with Gasteiger partial charge < -0.3 is 9.67 Å². The summed E-state index contributed by atoms with van der Waals surface area (Å²) in [5.74, 6) is 0.841. The van der Waals surface area contributed by atoms with E-state index in [0.717, 1.165) is 49.3 Å². The molecule has 2 aromatic carbocycles. The molecule has 2 atom stereocenters. The Morgan fingerprint density at radius 2 is 1.86 bits per heavy atom. The molecule has 1 saturated heterocycles. The van der Waals surface area contributed by atoms with Crippen LogP contribution in [0.3, 0.4) is 0 Å². The van der Waals surface area contributed by atoms with E-state index in [1.807, 2.05) is 24.3 Å². The first kappa shape index (κ1) is 18.7. The van der Waals surface area contributed by atoms with Crippen LogP contribution in [-0.2, 0) is 24.8 Å². The number of imidazole rings is 1. The number of hydrogen-bond donors (Lipinski definition) is 1. The number of aliphatic carboxylic acids is 1. The molecule has 0 amide bonds. The highest BCUT2D eigenvalue weighted by atomic mass is 16.4. The lowest BCUT2D eigenvalue weighted by atomic mass is 9.81. The topological polar surface area (TPSA) is 58.4 Å². The van der Waals surface area contributed by atoms with Gasteiger partial charge in [-0.05, 0) is 42.5 Å². The lowest BCUT2D eigenvalue weighted by Crippen LogP contribution is -2.42. The van der Waals surface area contributed by atoms with E-state index in [2.05, 4.69) is 46.8 Å². The van der Waals surface area contributed by atoms with Crippen molar-refractivity contribution in [1.29, 1.82) is 0 Å². The fourth-order valence-electron chi connectivity index (χ4n) is 4.48. The lowest BCUT2D eigenvalue weighted by Gasteiger charge is -2.38. The lowest BCUT2D eigenvalue weighted by molar-refractivity contribution is -0.139. The van der Waals surface area contributed by atoms with Gasteiger partial charge in [-0.15, -0.1) is 0 Å². The van der Waals surface area contributed by atoms with E-state index in [0.29, 0.717) is 5.92 Å². The number of benzene rings is 2. The van der Waals surface area contributed by atoms with Crippen LogP contribution in [0, 0.1) is 11.8 Å². The second-order valence-electron chi connectivity index (χ2n) is 7.91. The quantitative estimate of drug-likeness (QED) is 0.711. The van der Waals surface area contributed by atoms with Gasteiger partial charge in [-0.3, -0.25) is 9.69 Å². The van der Waals surface area contributed by atoms with Crippen LogP contribution in [0.5, 0.6) is 0 Å². The van der Waals surface area contributed by atoms with Crippen LogP contribution >= 0.6 is 0 Å². The van der Waals surface area contributed by atoms with Gasteiger partial charge in [0.15, 0.2) is 0 Å². The molecule has 0 bridgehead atoms. The minimum atomic E-state index is -0.698. The summed E-state index contributed by atoms with van der Waals surface area (Å²) in [5.41, 5.74) is 3.44. The highest BCUT2D eigenvalue weighted by molar-refractivity contribution is 5.75. The molecular weight excluding hydrogens is 350 g/mol. The molecular formula is C23H27N3O2. The van der Waals surface area contributed by atoms with Crippen LogP contribution in [-0.4, -0.2) is 38.6 Å². The second-order valence-corrected chi connectivity index (χ2v) is 7.91. The molecule has 0 spiro atoms. The molecule has 1 aromatic heterocycles. The number of likely N-dealkylation sites (tertiary alicyclic amines) is 1. The summed E-state index contributed by atoms with van der Waals surface area (Å²) in [4.78, 5) is 18.7. The number of carboxylic acids is 1. The number of carboxylic acid groups (broad SMARTS) is 1. The average molecular weight is 377 g/mol. The molecule has 5 heteroatoms. The largest absolute Gasteiger partial charge is 0.481 e. The number of piperidine rings is 1. The Kier molecular flexibility index (Phi) is 5.44. The molecule has 1 N–H and O–H groups in total. The molecule has 1 aliphatic heterocycles. The van der Waals surface area contributed by atoms with E-state index in [1.165, 1.54) is 5.56 Å². The molecule has 4 rings (SSSR count). The van der Waals surface area contributed by atoms with Crippen molar-refractivity contribution in [2.24, 2.45) is 18.9 Å². The Balaban J connectivity index is 1.54. The highest BCUT2D eigenvalue weighted by Gasteiger charge is 2.32. The minimum absolute atomic E-state index is 0.198. The monoisotopic (exact) mass is 377 g/mol. The molecule has 0 aliphatic carbocycles. The van der Waals surface area contributed by atoms with Gasteiger partial charge in [-0.1, -0.05) is 42.5 Å². The Morgan fingerprint density at radius 1 is 1.11 bits per heavy atom. The van der Waals surface area contributed by atoms with Crippen LogP contribution in [0.25, 0.3) is 11.0 Å². The molecule has 3 aromatic rings. The SMILES string of the molecule is Cn1c(C[C@H]2CN(Cc3ccccc3)CC[C@H]2CC(=O)O)nc2ccccc21. The molecule has 0 unspecified atom stereocenters. The maximum absolute atomic E-state index is 11.4. The number of para-hydroxylation sites is 2. The van der Waals surface area contributed by atoms with E-state index in [9.17, 15) is 9.90 Å². The molecule has 5 nitrogen and oxygen atoms in total. The van der Waals surface area contributed by atoms with E-state index >= 15 is 0 Å². The number of aromatic nitrogens is 2. The van der Waals surface area contributed by atoms with Gasteiger partial charge >= 0.3 is 5.97 Å². The third kappa shape index (κ3) is 4.09. The maximum atomic E-state index is 11.4. The van der Waals surface area contributed by atoms with Gasteiger partial charge in [-0.25, -0.2) is 4.98 Å². The number of carbonyl (C=O) groups is 1. The molecule has 2 heterocycles. The predicted octanol–water partition coefficient (Wildman–Crippen LogP) is 3.73. The molecule has 1 aliphatic rings. The summed E-state index contributed by atoms with van der Waals surface area (Å²) in [6, 6.07) is 18.7. The van der Waals surface area contributed by atoms with Crippen molar-refractivity contribution in [2.75, 3.05) is 13.1 Å². The first-order chi connectivity index (χ1) is 13.6. The third-order valence-corrected chi connectivity index (χ3v) is 5.99. The Labute approximate surface area is 165 Å². The molecule has 0 saturated carbocycles. The van der Waals surface area contributed by atoms with Crippen molar-refractivity contribution in [3.8, 4) is 0 Å². The fourth-order valence-corrected chi connectivity index (χ4v) is 4.48. The second kappa shape index (κ2) is 8.15. The van der Waals surface area contributed by atoms with Gasteiger partial charge in [0.1, 0.15) is 5.82 Å². The van der Waals surface area contributed by atoms with E-state index < -0.39 is 5.97 Å². The summed E-state index contributed by atoms with van der Waals surface area (Å²) < 4.78 is 2.16. The number of rotatable bonds is 6. The van der Waals surface area contributed by atoms with E-state index in [4.69, 9.17) is 4.98 Å². The summed E-state index contributed by atoms with van der Waals surface area (Å²) >= 11 is 0. The van der Waals surface area contributed by atoms with Crippen LogP contribution < -0.4 is 0 Å². The summed E-state index contributed by atoms with van der Waals surface area (Å²) in [7, 11) is 2.06. The van der Waals surface area contributed by atoms with Crippen LogP contribution in [0.1, 0.15) is 24.2 Å². The summed E-state index contributed by atoms with van der Waals surface area (Å²) in [6.07, 6.45) is 1.98. The first-order valence-corrected chi connectivity index (χ1v) is 9.98. The molecule has 1 fully saturated rings. The van der Waals surface area contributed by atoms with Crippen molar-refractivity contribution >= 4 is 17.0 Å². The van der Waals surface area contributed by atoms with Gasteiger partial charge in [-0.2, -0.15) is 0 Å². The van der Waals surface area contributed by atoms with E-state index in [1.54, 1.807) is 0 Å². The van der Waals surface area contributed by atoms with Crippen LogP contribution in [0.4, 0.5) is 0 Å². The zero-order valence-electron chi connectivity index (χ0n) is 16.3. The number of nitrogens with zero attached hydrogens (tertiary/aromatic N) is 3. The number of hydrogen-bond acceptors (Lipinski definition) is 3. The normalized spacial score (nSPS) is 20.5.